The number of ether oxygens (including phenoxy) is 1. The van der Waals surface area contributed by atoms with Crippen LogP contribution in [0, 0.1) is 0 Å². The molecule has 4 rings (SSSR count). The standard InChI is InChI=1S/C20H16Cl2N2O3S/c1-23-19-18(28-20(23)26)15(14-8-3-11(21)9-16(14)22)10-17(25)24(19)12-4-6-13(27-2)7-5-12/h3-9,15H,10H2,1-2H3. The minimum absolute atomic E-state index is 0.109. The summed E-state index contributed by atoms with van der Waals surface area (Å²) in [4.78, 5) is 27.9. The molecule has 1 atom stereocenters. The zero-order valence-corrected chi connectivity index (χ0v) is 17.4. The number of rotatable bonds is 3. The van der Waals surface area contributed by atoms with Gasteiger partial charge in [0.25, 0.3) is 0 Å². The van der Waals surface area contributed by atoms with Gasteiger partial charge in [-0.15, -0.1) is 0 Å². The van der Waals surface area contributed by atoms with Gasteiger partial charge < -0.3 is 4.74 Å². The number of methoxy groups -OCH3 is 1. The number of fused-ring (bicyclic) bond motifs is 1. The quantitative estimate of drug-likeness (QED) is 0.584. The number of carbonyl (C=O) groups excluding carboxylic acids is 1. The van der Waals surface area contributed by atoms with Crippen LogP contribution in [0.15, 0.2) is 47.3 Å². The van der Waals surface area contributed by atoms with Gasteiger partial charge in [-0.3, -0.25) is 19.1 Å². The van der Waals surface area contributed by atoms with Crippen molar-refractivity contribution in [1.82, 2.24) is 4.57 Å². The SMILES string of the molecule is COc1ccc(N2C(=O)CC(c3ccc(Cl)cc3Cl)c3sc(=O)n(C)c32)cc1. The van der Waals surface area contributed by atoms with Crippen molar-refractivity contribution in [2.45, 2.75) is 12.3 Å². The van der Waals surface area contributed by atoms with Crippen molar-refractivity contribution in [3.8, 4) is 5.75 Å². The van der Waals surface area contributed by atoms with Gasteiger partial charge in [0, 0.05) is 29.4 Å². The van der Waals surface area contributed by atoms with Crippen LogP contribution in [0.5, 0.6) is 5.75 Å². The molecule has 2 aromatic carbocycles. The molecule has 3 aromatic rings. The normalized spacial score (nSPS) is 16.2. The van der Waals surface area contributed by atoms with Crippen LogP contribution in [-0.4, -0.2) is 17.6 Å². The summed E-state index contributed by atoms with van der Waals surface area (Å²) in [5.41, 5.74) is 1.47. The molecule has 0 spiro atoms. The number of aromatic nitrogens is 1. The number of thiazole rings is 1. The molecule has 0 bridgehead atoms. The number of benzene rings is 2. The third-order valence-electron chi connectivity index (χ3n) is 4.83. The second-order valence-corrected chi connectivity index (χ2v) is 8.30. The lowest BCUT2D eigenvalue weighted by atomic mass is 9.90. The Hall–Kier alpha value is -2.28. The van der Waals surface area contributed by atoms with Crippen molar-refractivity contribution >= 4 is 52.0 Å². The number of hydrogen-bond donors (Lipinski definition) is 0. The molecule has 8 heteroatoms. The number of nitrogens with zero attached hydrogens (tertiary/aromatic N) is 2. The average Bonchev–Trinajstić information content (AvgIpc) is 2.97. The van der Waals surface area contributed by atoms with Crippen LogP contribution < -0.4 is 14.5 Å². The topological polar surface area (TPSA) is 51.5 Å². The average molecular weight is 435 g/mol. The first-order chi connectivity index (χ1) is 13.4. The predicted octanol–water partition coefficient (Wildman–Crippen LogP) is 4.96. The van der Waals surface area contributed by atoms with E-state index in [9.17, 15) is 9.59 Å². The Labute approximate surface area is 175 Å². The maximum atomic E-state index is 13.2. The highest BCUT2D eigenvalue weighted by Gasteiger charge is 2.38. The van der Waals surface area contributed by atoms with Crippen LogP contribution >= 0.6 is 34.5 Å². The van der Waals surface area contributed by atoms with Gasteiger partial charge in [0.2, 0.25) is 5.91 Å². The highest BCUT2D eigenvalue weighted by Crippen LogP contribution is 2.46. The van der Waals surface area contributed by atoms with E-state index >= 15 is 0 Å². The molecular weight excluding hydrogens is 419 g/mol. The first-order valence-electron chi connectivity index (χ1n) is 8.52. The van der Waals surface area contributed by atoms with Crippen molar-refractivity contribution in [3.63, 3.8) is 0 Å². The van der Waals surface area contributed by atoms with Crippen molar-refractivity contribution in [3.05, 3.63) is 72.6 Å². The third kappa shape index (κ3) is 3.11. The molecule has 0 fully saturated rings. The minimum Gasteiger partial charge on any atom is -0.497 e. The maximum absolute atomic E-state index is 13.2. The summed E-state index contributed by atoms with van der Waals surface area (Å²) < 4.78 is 6.71. The Balaban J connectivity index is 1.87. The molecule has 0 saturated heterocycles. The monoisotopic (exact) mass is 434 g/mol. The fourth-order valence-corrected chi connectivity index (χ4v) is 5.08. The number of anilines is 2. The van der Waals surface area contributed by atoms with Crippen LogP contribution in [0.2, 0.25) is 10.0 Å². The second-order valence-electron chi connectivity index (χ2n) is 6.46. The molecule has 28 heavy (non-hydrogen) atoms. The molecule has 0 N–H and O–H groups in total. The van der Waals surface area contributed by atoms with E-state index in [0.717, 1.165) is 21.8 Å². The van der Waals surface area contributed by atoms with Crippen LogP contribution in [-0.2, 0) is 11.8 Å². The van der Waals surface area contributed by atoms with E-state index in [-0.39, 0.29) is 23.1 Å². The summed E-state index contributed by atoms with van der Waals surface area (Å²) in [5, 5.41) is 1.01. The molecule has 1 aliphatic rings. The molecule has 1 aromatic heterocycles. The summed E-state index contributed by atoms with van der Waals surface area (Å²) in [6.45, 7) is 0. The summed E-state index contributed by atoms with van der Waals surface area (Å²) in [5.74, 6) is 0.869. The maximum Gasteiger partial charge on any atom is 0.308 e. The van der Waals surface area contributed by atoms with Gasteiger partial charge in [-0.2, -0.15) is 0 Å². The van der Waals surface area contributed by atoms with Crippen molar-refractivity contribution in [1.29, 1.82) is 0 Å². The molecule has 1 amide bonds. The molecular formula is C20H16Cl2N2O3S. The molecule has 1 aliphatic heterocycles. The molecule has 144 valence electrons. The minimum atomic E-state index is -0.291. The number of amides is 1. The van der Waals surface area contributed by atoms with E-state index in [4.69, 9.17) is 27.9 Å². The number of carbonyl (C=O) groups is 1. The van der Waals surface area contributed by atoms with Gasteiger partial charge >= 0.3 is 4.87 Å². The summed E-state index contributed by atoms with van der Waals surface area (Å²) >= 11 is 13.6. The Morgan fingerprint density at radius 3 is 2.46 bits per heavy atom. The van der Waals surface area contributed by atoms with E-state index in [0.29, 0.717) is 27.3 Å². The zero-order valence-electron chi connectivity index (χ0n) is 15.1. The Morgan fingerprint density at radius 1 is 1.11 bits per heavy atom. The van der Waals surface area contributed by atoms with E-state index < -0.39 is 0 Å². The molecule has 2 heterocycles. The highest BCUT2D eigenvalue weighted by atomic mass is 35.5. The van der Waals surface area contributed by atoms with Gasteiger partial charge in [0.1, 0.15) is 11.6 Å². The van der Waals surface area contributed by atoms with E-state index in [1.165, 1.54) is 4.57 Å². The molecule has 0 radical (unpaired) electrons. The van der Waals surface area contributed by atoms with Crippen LogP contribution in [0.3, 0.4) is 0 Å². The third-order valence-corrected chi connectivity index (χ3v) is 6.53. The first-order valence-corrected chi connectivity index (χ1v) is 10.1. The Morgan fingerprint density at radius 2 is 1.82 bits per heavy atom. The summed E-state index contributed by atoms with van der Waals surface area (Å²) in [6.07, 6.45) is 0.209. The van der Waals surface area contributed by atoms with Crippen LogP contribution in [0.25, 0.3) is 0 Å². The van der Waals surface area contributed by atoms with E-state index in [2.05, 4.69) is 0 Å². The largest absolute Gasteiger partial charge is 0.497 e. The summed E-state index contributed by atoms with van der Waals surface area (Å²) in [7, 11) is 3.26. The van der Waals surface area contributed by atoms with Gasteiger partial charge in [0.05, 0.1) is 17.7 Å². The van der Waals surface area contributed by atoms with E-state index in [1.807, 2.05) is 6.07 Å². The predicted molar refractivity (Wildman–Crippen MR) is 113 cm³/mol. The Bertz CT molecular complexity index is 1120. The van der Waals surface area contributed by atoms with Crippen molar-refractivity contribution in [2.24, 2.45) is 7.05 Å². The fourth-order valence-electron chi connectivity index (χ4n) is 3.46. The van der Waals surface area contributed by atoms with Gasteiger partial charge in [-0.1, -0.05) is 40.6 Å². The second kappa shape index (κ2) is 7.28. The summed E-state index contributed by atoms with van der Waals surface area (Å²) in [6, 6.07) is 12.4. The van der Waals surface area contributed by atoms with Crippen molar-refractivity contribution < 1.29 is 9.53 Å². The smallest absolute Gasteiger partial charge is 0.308 e. The van der Waals surface area contributed by atoms with Gasteiger partial charge in [0.15, 0.2) is 0 Å². The van der Waals surface area contributed by atoms with Gasteiger partial charge in [-0.05, 0) is 42.0 Å². The molecule has 0 saturated carbocycles. The highest BCUT2D eigenvalue weighted by molar-refractivity contribution is 7.10. The van der Waals surface area contributed by atoms with Crippen molar-refractivity contribution in [2.75, 3.05) is 12.0 Å². The first kappa shape index (κ1) is 19.1. The molecule has 1 unspecified atom stereocenters. The molecule has 5 nitrogen and oxygen atoms in total. The molecule has 0 aliphatic carbocycles. The lowest BCUT2D eigenvalue weighted by Gasteiger charge is -2.32. The fraction of sp³-hybridized carbons (Fsp3) is 0.200. The van der Waals surface area contributed by atoms with E-state index in [1.54, 1.807) is 55.5 Å². The van der Waals surface area contributed by atoms with Crippen LogP contribution in [0.4, 0.5) is 11.5 Å². The van der Waals surface area contributed by atoms with Crippen LogP contribution in [0.1, 0.15) is 22.8 Å². The number of halogens is 2. The Kier molecular flexibility index (Phi) is 4.95. The van der Waals surface area contributed by atoms with Gasteiger partial charge in [-0.25, -0.2) is 0 Å². The lowest BCUT2D eigenvalue weighted by molar-refractivity contribution is -0.118. The number of hydrogen-bond acceptors (Lipinski definition) is 4. The lowest BCUT2D eigenvalue weighted by Crippen LogP contribution is -2.34. The zero-order chi connectivity index (χ0) is 20.0.